The van der Waals surface area contributed by atoms with Gasteiger partial charge in [-0.15, -0.1) is 0 Å². The zero-order valence-corrected chi connectivity index (χ0v) is 14.2. The summed E-state index contributed by atoms with van der Waals surface area (Å²) in [5, 5.41) is 10.3. The molecule has 2 aromatic carbocycles. The van der Waals surface area contributed by atoms with Crippen LogP contribution in [-0.2, 0) is 23.6 Å². The average Bonchev–Trinajstić information content (AvgIpc) is 2.89. The fourth-order valence-corrected chi connectivity index (χ4v) is 3.00. The van der Waals surface area contributed by atoms with Gasteiger partial charge in [-0.1, -0.05) is 18.2 Å². The first-order valence-electron chi connectivity index (χ1n) is 7.42. The first-order valence-corrected chi connectivity index (χ1v) is 8.97. The van der Waals surface area contributed by atoms with E-state index in [9.17, 15) is 13.2 Å². The summed E-state index contributed by atoms with van der Waals surface area (Å²) in [7, 11) is -1.95. The van der Waals surface area contributed by atoms with Crippen LogP contribution in [-0.4, -0.2) is 24.0 Å². The number of carbonyl (C=O) groups is 1. The summed E-state index contributed by atoms with van der Waals surface area (Å²) in [6.45, 7) is 0.228. The lowest BCUT2D eigenvalue weighted by molar-refractivity contribution is 0.251. The van der Waals surface area contributed by atoms with Gasteiger partial charge in [0, 0.05) is 12.7 Å². The van der Waals surface area contributed by atoms with Crippen molar-refractivity contribution in [1.82, 2.24) is 14.9 Å². The number of hydrogen-bond acceptors (Lipinski definition) is 4. The van der Waals surface area contributed by atoms with Gasteiger partial charge in [-0.2, -0.15) is 0 Å². The van der Waals surface area contributed by atoms with Crippen molar-refractivity contribution >= 4 is 32.8 Å². The highest BCUT2D eigenvalue weighted by atomic mass is 32.2. The summed E-state index contributed by atoms with van der Waals surface area (Å²) >= 11 is 0. The number of imidazole rings is 1. The maximum Gasteiger partial charge on any atom is 0.319 e. The predicted molar refractivity (Wildman–Crippen MR) is 94.4 cm³/mol. The van der Waals surface area contributed by atoms with Crippen LogP contribution in [0.25, 0.3) is 11.0 Å². The minimum Gasteiger partial charge on any atom is -0.331 e. The molecule has 0 saturated carbocycles. The van der Waals surface area contributed by atoms with Crippen molar-refractivity contribution in [2.75, 3.05) is 5.32 Å². The van der Waals surface area contributed by atoms with Gasteiger partial charge in [-0.05, 0) is 30.3 Å². The van der Waals surface area contributed by atoms with Crippen LogP contribution in [0.5, 0.6) is 0 Å². The average molecular weight is 359 g/mol. The topological polar surface area (TPSA) is 119 Å². The number of aryl methyl sites for hydroxylation is 1. The molecule has 0 radical (unpaired) electrons. The number of amides is 2. The molecule has 0 bridgehead atoms. The van der Waals surface area contributed by atoms with E-state index in [1.807, 2.05) is 35.9 Å². The van der Waals surface area contributed by atoms with Gasteiger partial charge >= 0.3 is 6.03 Å². The van der Waals surface area contributed by atoms with Crippen molar-refractivity contribution in [1.29, 1.82) is 0 Å². The molecule has 0 unspecified atom stereocenters. The van der Waals surface area contributed by atoms with Gasteiger partial charge in [0.2, 0.25) is 10.0 Å². The number of aromatic nitrogens is 2. The summed E-state index contributed by atoms with van der Waals surface area (Å²) in [6.07, 6.45) is 0. The van der Waals surface area contributed by atoms with Crippen LogP contribution >= 0.6 is 0 Å². The van der Waals surface area contributed by atoms with Crippen LogP contribution in [0.15, 0.2) is 53.4 Å². The van der Waals surface area contributed by atoms with Gasteiger partial charge in [0.1, 0.15) is 5.82 Å². The van der Waals surface area contributed by atoms with Crippen molar-refractivity contribution in [2.45, 2.75) is 11.4 Å². The standard InChI is InChI=1S/C16H17N5O3S/c1-21-14-8-3-2-7-13(14)20-15(21)10-18-16(22)19-11-5-4-6-12(9-11)25(17,23)24/h2-9H,10H2,1H3,(H2,17,23,24)(H2,18,19,22). The maximum absolute atomic E-state index is 12.0. The van der Waals surface area contributed by atoms with E-state index in [1.54, 1.807) is 6.07 Å². The first kappa shape index (κ1) is 16.9. The zero-order chi connectivity index (χ0) is 18.0. The van der Waals surface area contributed by atoms with Crippen molar-refractivity contribution in [3.63, 3.8) is 0 Å². The Morgan fingerprint density at radius 1 is 1.20 bits per heavy atom. The SMILES string of the molecule is Cn1c(CNC(=O)Nc2cccc(S(N)(=O)=O)c2)nc2ccccc21. The maximum atomic E-state index is 12.0. The number of anilines is 1. The lowest BCUT2D eigenvalue weighted by Gasteiger charge is -2.08. The molecular formula is C16H17N5O3S. The number of carbonyl (C=O) groups excluding carboxylic acids is 1. The second kappa shape index (κ2) is 6.54. The summed E-state index contributed by atoms with van der Waals surface area (Å²) in [6, 6.07) is 12.9. The van der Waals surface area contributed by atoms with Gasteiger partial charge in [0.25, 0.3) is 0 Å². The molecule has 2 amide bonds. The summed E-state index contributed by atoms with van der Waals surface area (Å²) in [4.78, 5) is 16.4. The quantitative estimate of drug-likeness (QED) is 0.654. The second-order valence-corrected chi connectivity index (χ2v) is 7.02. The van der Waals surface area contributed by atoms with Crippen LogP contribution in [0.3, 0.4) is 0 Å². The molecular weight excluding hydrogens is 342 g/mol. The molecule has 8 nitrogen and oxygen atoms in total. The molecule has 130 valence electrons. The first-order chi connectivity index (χ1) is 11.8. The minimum atomic E-state index is -3.82. The van der Waals surface area contributed by atoms with Crippen LogP contribution in [0.2, 0.25) is 0 Å². The zero-order valence-electron chi connectivity index (χ0n) is 13.4. The number of primary sulfonamides is 1. The summed E-state index contributed by atoms with van der Waals surface area (Å²) in [5.74, 6) is 0.703. The minimum absolute atomic E-state index is 0.0688. The van der Waals surface area contributed by atoms with E-state index in [4.69, 9.17) is 5.14 Å². The second-order valence-electron chi connectivity index (χ2n) is 5.46. The molecule has 3 rings (SSSR count). The fourth-order valence-electron chi connectivity index (χ4n) is 2.44. The van der Waals surface area contributed by atoms with E-state index < -0.39 is 16.1 Å². The Kier molecular flexibility index (Phi) is 4.43. The third-order valence-electron chi connectivity index (χ3n) is 3.71. The molecule has 0 saturated heterocycles. The summed E-state index contributed by atoms with van der Waals surface area (Å²) < 4.78 is 24.6. The van der Waals surface area contributed by atoms with Gasteiger partial charge in [0.15, 0.2) is 0 Å². The number of para-hydroxylation sites is 2. The van der Waals surface area contributed by atoms with Gasteiger partial charge in [-0.25, -0.2) is 23.3 Å². The molecule has 4 N–H and O–H groups in total. The van der Waals surface area contributed by atoms with E-state index in [1.165, 1.54) is 18.2 Å². The smallest absolute Gasteiger partial charge is 0.319 e. The third-order valence-corrected chi connectivity index (χ3v) is 4.62. The fraction of sp³-hybridized carbons (Fsp3) is 0.125. The molecule has 0 atom stereocenters. The molecule has 3 aromatic rings. The molecule has 0 aliphatic rings. The van der Waals surface area contributed by atoms with Crippen molar-refractivity contribution in [2.24, 2.45) is 12.2 Å². The van der Waals surface area contributed by atoms with Crippen LogP contribution < -0.4 is 15.8 Å². The van der Waals surface area contributed by atoms with Gasteiger partial charge in [-0.3, -0.25) is 0 Å². The normalized spacial score (nSPS) is 11.4. The van der Waals surface area contributed by atoms with E-state index in [-0.39, 0.29) is 11.4 Å². The van der Waals surface area contributed by atoms with E-state index in [0.717, 1.165) is 11.0 Å². The molecule has 0 aliphatic heterocycles. The number of nitrogens with two attached hydrogens (primary N) is 1. The Labute approximate surface area is 144 Å². The number of hydrogen-bond donors (Lipinski definition) is 3. The number of nitrogens with zero attached hydrogens (tertiary/aromatic N) is 2. The van der Waals surface area contributed by atoms with Crippen molar-refractivity contribution in [3.8, 4) is 0 Å². The Balaban J connectivity index is 1.68. The summed E-state index contributed by atoms with van der Waals surface area (Å²) in [5.41, 5.74) is 2.15. The highest BCUT2D eigenvalue weighted by Gasteiger charge is 2.11. The lowest BCUT2D eigenvalue weighted by atomic mass is 10.3. The van der Waals surface area contributed by atoms with Crippen LogP contribution in [0, 0.1) is 0 Å². The van der Waals surface area contributed by atoms with Crippen molar-refractivity contribution < 1.29 is 13.2 Å². The number of benzene rings is 2. The predicted octanol–water partition coefficient (Wildman–Crippen LogP) is 1.54. The van der Waals surface area contributed by atoms with Gasteiger partial charge in [0.05, 0.1) is 22.5 Å². The number of sulfonamides is 1. The number of rotatable bonds is 4. The Hall–Kier alpha value is -2.91. The largest absolute Gasteiger partial charge is 0.331 e. The van der Waals surface area contributed by atoms with E-state index in [2.05, 4.69) is 15.6 Å². The van der Waals surface area contributed by atoms with Crippen molar-refractivity contribution in [3.05, 3.63) is 54.4 Å². The third kappa shape index (κ3) is 3.78. The lowest BCUT2D eigenvalue weighted by Crippen LogP contribution is -2.29. The molecule has 1 aromatic heterocycles. The molecule has 1 heterocycles. The molecule has 0 aliphatic carbocycles. The Morgan fingerprint density at radius 3 is 2.68 bits per heavy atom. The highest BCUT2D eigenvalue weighted by molar-refractivity contribution is 7.89. The van der Waals surface area contributed by atoms with E-state index >= 15 is 0 Å². The van der Waals surface area contributed by atoms with Gasteiger partial charge < -0.3 is 15.2 Å². The number of urea groups is 1. The Bertz CT molecular complexity index is 1040. The van der Waals surface area contributed by atoms with E-state index in [0.29, 0.717) is 11.5 Å². The molecule has 9 heteroatoms. The molecule has 0 spiro atoms. The Morgan fingerprint density at radius 2 is 1.96 bits per heavy atom. The number of nitrogens with one attached hydrogen (secondary N) is 2. The molecule has 25 heavy (non-hydrogen) atoms. The molecule has 0 fully saturated rings. The monoisotopic (exact) mass is 359 g/mol. The van der Waals surface area contributed by atoms with Crippen LogP contribution in [0.1, 0.15) is 5.82 Å². The van der Waals surface area contributed by atoms with Crippen LogP contribution in [0.4, 0.5) is 10.5 Å². The highest BCUT2D eigenvalue weighted by Crippen LogP contribution is 2.15. The number of fused-ring (bicyclic) bond motifs is 1.